The van der Waals surface area contributed by atoms with Crippen LogP contribution >= 0.6 is 0 Å². The molecule has 0 heterocycles. The zero-order valence-corrected chi connectivity index (χ0v) is 6.75. The average molecular weight is 161 g/mol. The summed E-state index contributed by atoms with van der Waals surface area (Å²) in [5.41, 5.74) is 0.975. The van der Waals surface area contributed by atoms with Crippen LogP contribution in [0.5, 0.6) is 0 Å². The summed E-state index contributed by atoms with van der Waals surface area (Å²) in [6.45, 7) is 0.115. The zero-order chi connectivity index (χ0) is 8.65. The maximum absolute atomic E-state index is 8.43. The van der Waals surface area contributed by atoms with Crippen molar-refractivity contribution in [2.75, 3.05) is 11.9 Å². The molecule has 0 aliphatic heterocycles. The van der Waals surface area contributed by atoms with Gasteiger partial charge in [0.25, 0.3) is 0 Å². The van der Waals surface area contributed by atoms with Crippen LogP contribution in [0, 0.1) is 12.0 Å². The number of aliphatic hydroxyl groups is 1. The van der Waals surface area contributed by atoms with Gasteiger partial charge >= 0.3 is 0 Å². The van der Waals surface area contributed by atoms with Crippen molar-refractivity contribution in [3.8, 4) is 12.0 Å². The van der Waals surface area contributed by atoms with Crippen LogP contribution in [0.1, 0.15) is 6.42 Å². The van der Waals surface area contributed by atoms with Gasteiger partial charge in [0.1, 0.15) is 0 Å². The molecule has 0 unspecified atom stereocenters. The Hall–Kier alpha value is -1.46. The molecule has 0 saturated carbocycles. The van der Waals surface area contributed by atoms with Gasteiger partial charge in [0, 0.05) is 18.2 Å². The fourth-order valence-electron chi connectivity index (χ4n) is 0.756. The molecule has 0 radical (unpaired) electrons. The first-order valence-corrected chi connectivity index (χ1v) is 3.83. The van der Waals surface area contributed by atoms with Crippen LogP contribution in [0.25, 0.3) is 0 Å². The SMILES string of the molecule is OCCC#CNc1ccccc1. The van der Waals surface area contributed by atoms with E-state index in [9.17, 15) is 0 Å². The van der Waals surface area contributed by atoms with Crippen LogP contribution in [0.15, 0.2) is 30.3 Å². The Morgan fingerprint density at radius 1 is 1.25 bits per heavy atom. The first kappa shape index (κ1) is 8.63. The van der Waals surface area contributed by atoms with Crippen molar-refractivity contribution < 1.29 is 5.11 Å². The van der Waals surface area contributed by atoms with Crippen molar-refractivity contribution in [2.45, 2.75) is 6.42 Å². The molecule has 2 N–H and O–H groups in total. The molecule has 0 amide bonds. The molecule has 62 valence electrons. The van der Waals surface area contributed by atoms with E-state index in [0.29, 0.717) is 6.42 Å². The van der Waals surface area contributed by atoms with Crippen molar-refractivity contribution in [1.29, 1.82) is 0 Å². The minimum Gasteiger partial charge on any atom is -0.395 e. The highest BCUT2D eigenvalue weighted by atomic mass is 16.2. The predicted octanol–water partition coefficient (Wildman–Crippen LogP) is 1.44. The van der Waals surface area contributed by atoms with E-state index < -0.39 is 0 Å². The van der Waals surface area contributed by atoms with E-state index in [1.54, 1.807) is 0 Å². The predicted molar refractivity (Wildman–Crippen MR) is 49.5 cm³/mol. The highest BCUT2D eigenvalue weighted by Gasteiger charge is 1.81. The van der Waals surface area contributed by atoms with Gasteiger partial charge in [-0.1, -0.05) is 24.1 Å². The minimum absolute atomic E-state index is 0.115. The van der Waals surface area contributed by atoms with E-state index in [-0.39, 0.29) is 6.61 Å². The number of rotatable bonds is 2. The third kappa shape index (κ3) is 3.09. The Morgan fingerprint density at radius 3 is 2.67 bits per heavy atom. The fraction of sp³-hybridized carbons (Fsp3) is 0.200. The molecule has 0 aliphatic carbocycles. The lowest BCUT2D eigenvalue weighted by Crippen LogP contribution is -1.87. The molecule has 0 fully saturated rings. The monoisotopic (exact) mass is 161 g/mol. The second kappa shape index (κ2) is 5.22. The van der Waals surface area contributed by atoms with E-state index in [2.05, 4.69) is 17.3 Å². The zero-order valence-electron chi connectivity index (χ0n) is 6.75. The molecule has 1 rings (SSSR count). The Bertz CT molecular complexity index is 271. The maximum Gasteiger partial charge on any atom is 0.0541 e. The van der Waals surface area contributed by atoms with Gasteiger partial charge in [-0.3, -0.25) is 0 Å². The first-order chi connectivity index (χ1) is 5.93. The molecule has 0 spiro atoms. The quantitative estimate of drug-likeness (QED) is 0.508. The topological polar surface area (TPSA) is 32.3 Å². The Balaban J connectivity index is 2.40. The van der Waals surface area contributed by atoms with Crippen molar-refractivity contribution in [3.05, 3.63) is 30.3 Å². The van der Waals surface area contributed by atoms with E-state index in [1.165, 1.54) is 0 Å². The first-order valence-electron chi connectivity index (χ1n) is 3.83. The van der Waals surface area contributed by atoms with Gasteiger partial charge in [0.05, 0.1) is 6.61 Å². The highest BCUT2D eigenvalue weighted by molar-refractivity contribution is 5.47. The summed E-state index contributed by atoms with van der Waals surface area (Å²) >= 11 is 0. The molecular formula is C10H11NO. The minimum atomic E-state index is 0.115. The molecule has 0 bridgehead atoms. The normalized spacial score (nSPS) is 8.42. The van der Waals surface area contributed by atoms with E-state index in [1.807, 2.05) is 30.3 Å². The van der Waals surface area contributed by atoms with Gasteiger partial charge < -0.3 is 10.4 Å². The lowest BCUT2D eigenvalue weighted by Gasteiger charge is -1.94. The van der Waals surface area contributed by atoms with Gasteiger partial charge in [-0.2, -0.15) is 0 Å². The number of aliphatic hydroxyl groups excluding tert-OH is 1. The van der Waals surface area contributed by atoms with Crippen LogP contribution in [-0.4, -0.2) is 11.7 Å². The van der Waals surface area contributed by atoms with Crippen LogP contribution in [-0.2, 0) is 0 Å². The molecular weight excluding hydrogens is 150 g/mol. The van der Waals surface area contributed by atoms with E-state index in [0.717, 1.165) is 5.69 Å². The number of para-hydroxylation sites is 1. The van der Waals surface area contributed by atoms with Crippen LogP contribution in [0.2, 0.25) is 0 Å². The molecule has 2 nitrogen and oxygen atoms in total. The second-order valence-corrected chi connectivity index (χ2v) is 2.27. The Kier molecular flexibility index (Phi) is 3.76. The van der Waals surface area contributed by atoms with E-state index >= 15 is 0 Å². The molecule has 2 heteroatoms. The number of benzene rings is 1. The number of hydrogen-bond donors (Lipinski definition) is 2. The molecule has 12 heavy (non-hydrogen) atoms. The lowest BCUT2D eigenvalue weighted by atomic mass is 10.3. The maximum atomic E-state index is 8.43. The Labute approximate surface area is 72.2 Å². The summed E-state index contributed by atoms with van der Waals surface area (Å²) in [4.78, 5) is 0. The van der Waals surface area contributed by atoms with Crippen molar-refractivity contribution in [2.24, 2.45) is 0 Å². The average Bonchev–Trinajstić information content (AvgIpc) is 2.14. The standard InChI is InChI=1S/C10H11NO/c12-9-5-4-8-11-10-6-2-1-3-7-10/h1-3,6-7,11-12H,5,9H2. The lowest BCUT2D eigenvalue weighted by molar-refractivity contribution is 0.305. The third-order valence-electron chi connectivity index (χ3n) is 1.31. The molecule has 0 aromatic heterocycles. The van der Waals surface area contributed by atoms with Crippen molar-refractivity contribution >= 4 is 5.69 Å². The van der Waals surface area contributed by atoms with Crippen LogP contribution in [0.3, 0.4) is 0 Å². The summed E-state index contributed by atoms with van der Waals surface area (Å²) in [7, 11) is 0. The van der Waals surface area contributed by atoms with Crippen molar-refractivity contribution in [3.63, 3.8) is 0 Å². The Morgan fingerprint density at radius 2 is 2.00 bits per heavy atom. The van der Waals surface area contributed by atoms with Gasteiger partial charge in [-0.05, 0) is 12.1 Å². The van der Waals surface area contributed by atoms with E-state index in [4.69, 9.17) is 5.11 Å². The largest absolute Gasteiger partial charge is 0.395 e. The summed E-state index contributed by atoms with van der Waals surface area (Å²) in [6.07, 6.45) is 0.514. The third-order valence-corrected chi connectivity index (χ3v) is 1.31. The fourth-order valence-corrected chi connectivity index (χ4v) is 0.756. The number of hydrogen-bond acceptors (Lipinski definition) is 2. The molecule has 0 aliphatic rings. The summed E-state index contributed by atoms with van der Waals surface area (Å²) < 4.78 is 0. The molecule has 0 saturated heterocycles. The molecule has 1 aromatic carbocycles. The smallest absolute Gasteiger partial charge is 0.0541 e. The second-order valence-electron chi connectivity index (χ2n) is 2.27. The summed E-state index contributed by atoms with van der Waals surface area (Å²) in [5.74, 6) is 2.77. The van der Waals surface area contributed by atoms with Crippen LogP contribution < -0.4 is 5.32 Å². The van der Waals surface area contributed by atoms with Gasteiger partial charge in [0.2, 0.25) is 0 Å². The van der Waals surface area contributed by atoms with Crippen LogP contribution in [0.4, 0.5) is 5.69 Å². The summed E-state index contributed by atoms with van der Waals surface area (Å²) in [6, 6.07) is 12.5. The van der Waals surface area contributed by atoms with Gasteiger partial charge in [-0.15, -0.1) is 0 Å². The highest BCUT2D eigenvalue weighted by Crippen LogP contribution is 2.02. The van der Waals surface area contributed by atoms with Gasteiger partial charge in [-0.25, -0.2) is 0 Å². The number of anilines is 1. The number of nitrogens with one attached hydrogen (secondary N) is 1. The van der Waals surface area contributed by atoms with Gasteiger partial charge in [0.15, 0.2) is 0 Å². The summed E-state index contributed by atoms with van der Waals surface area (Å²) in [5, 5.41) is 11.3. The van der Waals surface area contributed by atoms with Crippen molar-refractivity contribution in [1.82, 2.24) is 0 Å². The molecule has 1 aromatic rings. The molecule has 0 atom stereocenters.